The Morgan fingerprint density at radius 3 is 2.50 bits per heavy atom. The number of Topliss-reactive ketones (excluding diaryl/α,β-unsaturated/α-hetero) is 1. The van der Waals surface area contributed by atoms with E-state index in [1.165, 1.54) is 16.7 Å². The highest BCUT2D eigenvalue weighted by atomic mass is 32.2. The van der Waals surface area contributed by atoms with E-state index in [2.05, 4.69) is 36.1 Å². The molecule has 6 nitrogen and oxygen atoms in total. The first-order valence-corrected chi connectivity index (χ1v) is 14.9. The summed E-state index contributed by atoms with van der Waals surface area (Å²) in [6.07, 6.45) is 9.27. The van der Waals surface area contributed by atoms with Crippen molar-refractivity contribution in [3.8, 4) is 0 Å². The molecule has 1 unspecified atom stereocenters. The molecule has 0 heterocycles. The summed E-state index contributed by atoms with van der Waals surface area (Å²) in [5.41, 5.74) is 6.21. The second-order valence-corrected chi connectivity index (χ2v) is 13.3. The van der Waals surface area contributed by atoms with E-state index in [4.69, 9.17) is 4.18 Å². The standard InChI is InChI=1S/C29H37NO5S/c1-29-14-13-21-22(25(29)11-12-26(29)28(32)17-35-36(4,33)34)10-7-19-15-27(31)24(16-23(19)21)18-5-8-20(9-6-18)30(2)3/h5-6,8-9,15,22,24-26H,7,10-14,16-17H2,1-4H3/t22-,24?,25+,26-,29+/m1/s1. The molecule has 0 spiro atoms. The third-order valence-corrected chi connectivity index (χ3v) is 10.0. The summed E-state index contributed by atoms with van der Waals surface area (Å²) in [6, 6.07) is 8.34. The molecule has 0 saturated heterocycles. The van der Waals surface area contributed by atoms with Crippen LogP contribution in [-0.4, -0.2) is 46.9 Å². The van der Waals surface area contributed by atoms with Gasteiger partial charge in [-0.2, -0.15) is 8.42 Å². The molecule has 36 heavy (non-hydrogen) atoms. The number of nitrogens with zero attached hydrogens (tertiary/aromatic N) is 1. The number of fused-ring (bicyclic) bond motifs is 4. The first-order valence-electron chi connectivity index (χ1n) is 13.1. The summed E-state index contributed by atoms with van der Waals surface area (Å²) in [5.74, 6) is 0.701. The molecule has 0 aliphatic heterocycles. The quantitative estimate of drug-likeness (QED) is 0.510. The van der Waals surface area contributed by atoms with Gasteiger partial charge < -0.3 is 4.90 Å². The predicted molar refractivity (Wildman–Crippen MR) is 140 cm³/mol. The minimum absolute atomic E-state index is 0.0811. The van der Waals surface area contributed by atoms with E-state index in [1.807, 2.05) is 20.2 Å². The van der Waals surface area contributed by atoms with Gasteiger partial charge in [0.1, 0.15) is 6.61 Å². The van der Waals surface area contributed by atoms with Gasteiger partial charge in [-0.1, -0.05) is 24.6 Å². The molecule has 5 rings (SSSR count). The normalized spacial score (nSPS) is 31.9. The number of allylic oxidation sites excluding steroid dienone is 4. The molecule has 0 aromatic heterocycles. The Bertz CT molecular complexity index is 1240. The van der Waals surface area contributed by atoms with E-state index in [1.54, 1.807) is 0 Å². The van der Waals surface area contributed by atoms with Crippen LogP contribution in [0.4, 0.5) is 5.69 Å². The van der Waals surface area contributed by atoms with Crippen molar-refractivity contribution in [2.45, 2.75) is 57.8 Å². The fraction of sp³-hybridized carbons (Fsp3) is 0.586. The van der Waals surface area contributed by atoms with Gasteiger partial charge in [0, 0.05) is 25.7 Å². The van der Waals surface area contributed by atoms with Crippen LogP contribution >= 0.6 is 0 Å². The first-order chi connectivity index (χ1) is 17.0. The fourth-order valence-electron chi connectivity index (χ4n) is 7.61. The van der Waals surface area contributed by atoms with E-state index in [0.717, 1.165) is 62.5 Å². The van der Waals surface area contributed by atoms with Gasteiger partial charge in [-0.15, -0.1) is 0 Å². The molecular formula is C29H37NO5S. The Balaban J connectivity index is 1.39. The number of benzene rings is 1. The molecule has 0 amide bonds. The number of hydrogen-bond donors (Lipinski definition) is 0. The number of ketones is 2. The molecule has 4 aliphatic carbocycles. The summed E-state index contributed by atoms with van der Waals surface area (Å²) < 4.78 is 27.7. The average molecular weight is 512 g/mol. The van der Waals surface area contributed by atoms with E-state index in [9.17, 15) is 18.0 Å². The van der Waals surface area contributed by atoms with E-state index < -0.39 is 10.1 Å². The van der Waals surface area contributed by atoms with Crippen molar-refractivity contribution < 1.29 is 22.2 Å². The summed E-state index contributed by atoms with van der Waals surface area (Å²) in [7, 11) is 0.396. The SMILES string of the molecule is CN(C)c1ccc(C2CC3=C4CC[C@]5(C)[C@@H](C(=O)COS(C)(=O)=O)CC[C@H]5[C@@H]4CCC3=CC2=O)cc1. The van der Waals surface area contributed by atoms with Gasteiger partial charge in [0.25, 0.3) is 10.1 Å². The maximum atomic E-state index is 13.1. The molecule has 4 aliphatic rings. The monoisotopic (exact) mass is 511 g/mol. The molecule has 0 radical (unpaired) electrons. The molecule has 2 saturated carbocycles. The number of carbonyl (C=O) groups excluding carboxylic acids is 2. The smallest absolute Gasteiger partial charge is 0.264 e. The van der Waals surface area contributed by atoms with Crippen molar-refractivity contribution in [2.24, 2.45) is 23.2 Å². The van der Waals surface area contributed by atoms with Crippen LogP contribution in [0.15, 0.2) is 47.1 Å². The van der Waals surface area contributed by atoms with Crippen LogP contribution in [0, 0.1) is 23.2 Å². The van der Waals surface area contributed by atoms with E-state index >= 15 is 0 Å². The van der Waals surface area contributed by atoms with Crippen molar-refractivity contribution in [1.82, 2.24) is 0 Å². The molecule has 0 N–H and O–H groups in total. The van der Waals surface area contributed by atoms with Crippen LogP contribution in [0.25, 0.3) is 0 Å². The zero-order chi connectivity index (χ0) is 25.8. The lowest BCUT2D eigenvalue weighted by molar-refractivity contribution is -0.129. The minimum atomic E-state index is -3.63. The Morgan fingerprint density at radius 1 is 1.11 bits per heavy atom. The van der Waals surface area contributed by atoms with Crippen molar-refractivity contribution in [1.29, 1.82) is 0 Å². The average Bonchev–Trinajstić information content (AvgIpc) is 3.19. The third-order valence-electron chi connectivity index (χ3n) is 9.46. The number of hydrogen-bond acceptors (Lipinski definition) is 6. The van der Waals surface area contributed by atoms with Crippen molar-refractivity contribution in [2.75, 3.05) is 31.9 Å². The zero-order valence-electron chi connectivity index (χ0n) is 21.7. The van der Waals surface area contributed by atoms with Gasteiger partial charge in [-0.3, -0.25) is 13.8 Å². The highest BCUT2D eigenvalue weighted by Gasteiger charge is 2.55. The summed E-state index contributed by atoms with van der Waals surface area (Å²) in [5, 5.41) is 0. The van der Waals surface area contributed by atoms with Crippen LogP contribution in [-0.2, 0) is 23.9 Å². The van der Waals surface area contributed by atoms with Crippen molar-refractivity contribution in [3.63, 3.8) is 0 Å². The lowest BCUT2D eigenvalue weighted by atomic mass is 9.55. The molecule has 0 bridgehead atoms. The summed E-state index contributed by atoms with van der Waals surface area (Å²) in [4.78, 5) is 28.2. The van der Waals surface area contributed by atoms with Crippen molar-refractivity contribution in [3.05, 3.63) is 52.6 Å². The maximum absolute atomic E-state index is 13.1. The number of anilines is 1. The molecule has 7 heteroatoms. The van der Waals surface area contributed by atoms with Gasteiger partial charge in [0.05, 0.1) is 12.2 Å². The van der Waals surface area contributed by atoms with E-state index in [0.29, 0.717) is 11.8 Å². The topological polar surface area (TPSA) is 80.8 Å². The van der Waals surface area contributed by atoms with Crippen LogP contribution in [0.3, 0.4) is 0 Å². The summed E-state index contributed by atoms with van der Waals surface area (Å²) in [6.45, 7) is 1.88. The maximum Gasteiger partial charge on any atom is 0.264 e. The van der Waals surface area contributed by atoms with Gasteiger partial charge in [0.2, 0.25) is 0 Å². The lowest BCUT2D eigenvalue weighted by Gasteiger charge is -2.49. The molecule has 1 aromatic rings. The molecule has 2 fully saturated rings. The molecule has 1 aromatic carbocycles. The Kier molecular flexibility index (Phi) is 6.53. The molecule has 194 valence electrons. The number of rotatable bonds is 6. The fourth-order valence-corrected chi connectivity index (χ4v) is 7.95. The summed E-state index contributed by atoms with van der Waals surface area (Å²) >= 11 is 0. The minimum Gasteiger partial charge on any atom is -0.378 e. The Labute approximate surface area is 214 Å². The molecular weight excluding hydrogens is 474 g/mol. The van der Waals surface area contributed by atoms with Crippen LogP contribution in [0.5, 0.6) is 0 Å². The second kappa shape index (κ2) is 9.25. The highest BCUT2D eigenvalue weighted by molar-refractivity contribution is 7.86. The first kappa shape index (κ1) is 25.4. The van der Waals surface area contributed by atoms with Crippen molar-refractivity contribution >= 4 is 27.4 Å². The van der Waals surface area contributed by atoms with Gasteiger partial charge >= 0.3 is 0 Å². The van der Waals surface area contributed by atoms with E-state index in [-0.39, 0.29) is 35.4 Å². The number of carbonyl (C=O) groups is 2. The van der Waals surface area contributed by atoms with Crippen LogP contribution in [0.1, 0.15) is 63.4 Å². The van der Waals surface area contributed by atoms with Gasteiger partial charge in [-0.05, 0) is 97.1 Å². The lowest BCUT2D eigenvalue weighted by Crippen LogP contribution is -2.43. The Hall–Kier alpha value is -2.25. The van der Waals surface area contributed by atoms with Gasteiger partial charge in [0.15, 0.2) is 11.6 Å². The van der Waals surface area contributed by atoms with Crippen LogP contribution < -0.4 is 4.90 Å². The zero-order valence-corrected chi connectivity index (χ0v) is 22.6. The molecule has 5 atom stereocenters. The van der Waals surface area contributed by atoms with Crippen LogP contribution in [0.2, 0.25) is 0 Å². The van der Waals surface area contributed by atoms with Gasteiger partial charge in [-0.25, -0.2) is 0 Å². The second-order valence-electron chi connectivity index (χ2n) is 11.6. The predicted octanol–water partition coefficient (Wildman–Crippen LogP) is 4.81. The third kappa shape index (κ3) is 4.49. The largest absolute Gasteiger partial charge is 0.378 e. The Morgan fingerprint density at radius 2 is 1.83 bits per heavy atom. The highest BCUT2D eigenvalue weighted by Crippen LogP contribution is 2.62.